The Morgan fingerprint density at radius 3 is 1.59 bits per heavy atom. The summed E-state index contributed by atoms with van der Waals surface area (Å²) in [5.74, 6) is -17.5. The van der Waals surface area contributed by atoms with Crippen LogP contribution in [-0.4, -0.2) is 52.4 Å². The molecule has 0 heterocycles. The lowest BCUT2D eigenvalue weighted by Gasteiger charge is -2.30. The number of carbonyl (C=O) groups excluding carboxylic acids is 3. The molecular formula is C9H15F3N4O3S3. The number of hydrogen-bond acceptors (Lipinski definition) is 7. The van der Waals surface area contributed by atoms with E-state index in [4.69, 9.17) is 11.5 Å². The van der Waals surface area contributed by atoms with Crippen molar-refractivity contribution in [1.29, 1.82) is 0 Å². The number of nitrogens with one attached hydrogen (secondary N) is 2. The first kappa shape index (κ1) is 21.2. The van der Waals surface area contributed by atoms with E-state index in [9.17, 15) is 27.6 Å². The summed E-state index contributed by atoms with van der Waals surface area (Å²) in [6.45, 7) is 0. The van der Waals surface area contributed by atoms with E-state index in [0.29, 0.717) is 0 Å². The quantitative estimate of drug-likeness (QED) is 0.203. The Hall–Kier alpha value is -0.790. The van der Waals surface area contributed by atoms with Crippen molar-refractivity contribution in [3.8, 4) is 0 Å². The fourth-order valence-electron chi connectivity index (χ4n) is 0.982. The predicted octanol–water partition coefficient (Wildman–Crippen LogP) is -1.55. The third-order valence-corrected chi connectivity index (χ3v) is 3.75. The van der Waals surface area contributed by atoms with Gasteiger partial charge >= 0.3 is 0 Å². The highest BCUT2D eigenvalue weighted by molar-refractivity contribution is 7.80. The smallest absolute Gasteiger partial charge is 0.282 e. The van der Waals surface area contributed by atoms with Crippen LogP contribution in [0.25, 0.3) is 0 Å². The number of hydrogen-bond donors (Lipinski definition) is 7. The molecule has 1 unspecified atom stereocenters. The van der Waals surface area contributed by atoms with Gasteiger partial charge in [-0.25, -0.2) is 13.2 Å². The van der Waals surface area contributed by atoms with E-state index in [-0.39, 0.29) is 0 Å². The average molecular weight is 380 g/mol. The zero-order chi connectivity index (χ0) is 17.8. The van der Waals surface area contributed by atoms with Crippen LogP contribution in [0, 0.1) is 0 Å². The van der Waals surface area contributed by atoms with Crippen molar-refractivity contribution in [3.63, 3.8) is 0 Å². The van der Waals surface area contributed by atoms with Gasteiger partial charge in [-0.1, -0.05) is 0 Å². The topological polar surface area (TPSA) is 127 Å². The first-order valence-electron chi connectivity index (χ1n) is 5.52. The molecule has 0 rings (SSSR count). The molecule has 6 N–H and O–H groups in total. The van der Waals surface area contributed by atoms with E-state index in [1.165, 1.54) is 10.6 Å². The van der Waals surface area contributed by atoms with Gasteiger partial charge in [0.05, 0.1) is 11.5 Å². The van der Waals surface area contributed by atoms with Gasteiger partial charge in [-0.15, -0.1) is 0 Å². The summed E-state index contributed by atoms with van der Waals surface area (Å²) in [6, 6.07) is 0. The SMILES string of the molecule is NC(=O)[C@](F)(CS)NC(=O)[C@](F)(CS)NC(=O)C(N)(F)CS. The van der Waals surface area contributed by atoms with Crippen LogP contribution in [0.5, 0.6) is 0 Å². The number of nitrogens with two attached hydrogens (primary N) is 2. The normalized spacial score (nSPS) is 19.2. The van der Waals surface area contributed by atoms with Crippen molar-refractivity contribution < 1.29 is 27.6 Å². The summed E-state index contributed by atoms with van der Waals surface area (Å²) in [5, 5.41) is 2.66. The molecule has 0 aromatic carbocycles. The summed E-state index contributed by atoms with van der Waals surface area (Å²) in [7, 11) is 0. The molecule has 3 amide bonds. The summed E-state index contributed by atoms with van der Waals surface area (Å²) in [6.07, 6.45) is 0. The van der Waals surface area contributed by atoms with Crippen LogP contribution in [0.15, 0.2) is 0 Å². The molecule has 0 aromatic heterocycles. The first-order chi connectivity index (χ1) is 9.88. The van der Waals surface area contributed by atoms with Crippen molar-refractivity contribution in [3.05, 3.63) is 0 Å². The molecule has 0 aliphatic heterocycles. The molecule has 0 spiro atoms. The molecule has 128 valence electrons. The molecule has 0 radical (unpaired) electrons. The summed E-state index contributed by atoms with van der Waals surface area (Å²) < 4.78 is 41.7. The molecular weight excluding hydrogens is 365 g/mol. The Bertz CT molecular complexity index is 471. The zero-order valence-corrected chi connectivity index (χ0v) is 13.7. The highest BCUT2D eigenvalue weighted by Crippen LogP contribution is 2.17. The molecule has 0 aromatic rings. The number of amides is 3. The van der Waals surface area contributed by atoms with Crippen molar-refractivity contribution in [1.82, 2.24) is 10.6 Å². The van der Waals surface area contributed by atoms with Gasteiger partial charge < -0.3 is 16.4 Å². The highest BCUT2D eigenvalue weighted by Gasteiger charge is 2.48. The van der Waals surface area contributed by atoms with E-state index in [1.54, 1.807) is 0 Å². The van der Waals surface area contributed by atoms with Crippen LogP contribution in [0.2, 0.25) is 0 Å². The molecule has 0 fully saturated rings. The van der Waals surface area contributed by atoms with Crippen LogP contribution >= 0.6 is 37.9 Å². The Labute approximate surface area is 140 Å². The van der Waals surface area contributed by atoms with Crippen molar-refractivity contribution in [2.24, 2.45) is 11.5 Å². The number of rotatable bonds is 8. The average Bonchev–Trinajstić information content (AvgIpc) is 2.46. The summed E-state index contributed by atoms with van der Waals surface area (Å²) in [5.41, 5.74) is 9.59. The molecule has 13 heteroatoms. The fraction of sp³-hybridized carbons (Fsp3) is 0.667. The van der Waals surface area contributed by atoms with E-state index in [0.717, 1.165) is 0 Å². The van der Waals surface area contributed by atoms with Gasteiger partial charge in [-0.2, -0.15) is 37.9 Å². The standard InChI is InChI=1S/C9H15F3N4O3S3/c10-7(14,1-20)5(18)15-9(12,3-22)6(19)16-8(11,2-21)4(13)17/h20-22H,1-3,14H2,(H2,13,17)(H,15,18)(H,16,19)/t7?,8-,9-/m0/s1. The molecule has 0 aliphatic rings. The van der Waals surface area contributed by atoms with Crippen molar-refractivity contribution in [2.45, 2.75) is 17.4 Å². The second-order valence-electron chi connectivity index (χ2n) is 4.21. The van der Waals surface area contributed by atoms with Crippen LogP contribution < -0.4 is 22.1 Å². The third kappa shape index (κ3) is 4.86. The van der Waals surface area contributed by atoms with Crippen LogP contribution in [0.3, 0.4) is 0 Å². The first-order valence-corrected chi connectivity index (χ1v) is 7.41. The summed E-state index contributed by atoms with van der Waals surface area (Å²) >= 11 is 10.4. The van der Waals surface area contributed by atoms with E-state index < -0.39 is 52.4 Å². The largest absolute Gasteiger partial charge is 0.365 e. The molecule has 22 heavy (non-hydrogen) atoms. The van der Waals surface area contributed by atoms with Gasteiger partial charge in [0.2, 0.25) is 5.79 Å². The molecule has 0 aliphatic carbocycles. The Morgan fingerprint density at radius 1 is 0.864 bits per heavy atom. The van der Waals surface area contributed by atoms with E-state index in [2.05, 4.69) is 37.9 Å². The highest BCUT2D eigenvalue weighted by atomic mass is 32.1. The monoisotopic (exact) mass is 380 g/mol. The van der Waals surface area contributed by atoms with Gasteiger partial charge in [-0.3, -0.25) is 20.1 Å². The van der Waals surface area contributed by atoms with Crippen molar-refractivity contribution in [2.75, 3.05) is 17.3 Å². The van der Waals surface area contributed by atoms with Gasteiger partial charge in [0.15, 0.2) is 0 Å². The van der Waals surface area contributed by atoms with Gasteiger partial charge in [0.1, 0.15) is 0 Å². The number of primary amides is 1. The second-order valence-corrected chi connectivity index (χ2v) is 5.16. The minimum absolute atomic E-state index is 0.811. The number of halogens is 3. The second kappa shape index (κ2) is 7.66. The Morgan fingerprint density at radius 2 is 1.27 bits per heavy atom. The Kier molecular flexibility index (Phi) is 7.38. The zero-order valence-electron chi connectivity index (χ0n) is 11.0. The van der Waals surface area contributed by atoms with Crippen LogP contribution in [0.1, 0.15) is 0 Å². The maximum absolute atomic E-state index is 14.4. The van der Waals surface area contributed by atoms with Gasteiger partial charge in [0.25, 0.3) is 29.3 Å². The van der Waals surface area contributed by atoms with E-state index >= 15 is 0 Å². The maximum atomic E-state index is 14.4. The molecule has 7 nitrogen and oxygen atoms in total. The lowest BCUT2D eigenvalue weighted by atomic mass is 10.2. The maximum Gasteiger partial charge on any atom is 0.282 e. The number of thiol groups is 3. The lowest BCUT2D eigenvalue weighted by molar-refractivity contribution is -0.149. The van der Waals surface area contributed by atoms with Gasteiger partial charge in [0, 0.05) is 5.75 Å². The lowest BCUT2D eigenvalue weighted by Crippen LogP contribution is -2.67. The number of carbonyl (C=O) groups is 3. The fourth-order valence-corrected chi connectivity index (χ4v) is 1.58. The molecule has 0 bridgehead atoms. The minimum atomic E-state index is -3.35. The predicted molar refractivity (Wildman–Crippen MR) is 82.7 cm³/mol. The number of alkyl halides is 3. The van der Waals surface area contributed by atoms with Crippen LogP contribution in [-0.2, 0) is 14.4 Å². The molecule has 0 saturated heterocycles. The van der Waals surface area contributed by atoms with Gasteiger partial charge in [-0.05, 0) is 0 Å². The third-order valence-electron chi connectivity index (χ3n) is 2.42. The molecule has 3 atom stereocenters. The Balaban J connectivity index is 5.27. The molecule has 0 saturated carbocycles. The minimum Gasteiger partial charge on any atom is -0.365 e. The van der Waals surface area contributed by atoms with E-state index in [1.807, 2.05) is 0 Å². The van der Waals surface area contributed by atoms with Crippen LogP contribution in [0.4, 0.5) is 13.2 Å². The summed E-state index contributed by atoms with van der Waals surface area (Å²) in [4.78, 5) is 34.0. The van der Waals surface area contributed by atoms with Crippen molar-refractivity contribution >= 4 is 55.6 Å².